The lowest BCUT2D eigenvalue weighted by atomic mass is 10.1. The van der Waals surface area contributed by atoms with Crippen molar-refractivity contribution in [3.05, 3.63) is 35.4 Å². The first kappa shape index (κ1) is 10.6. The number of hydrogen-bond donors (Lipinski definition) is 1. The smallest absolute Gasteiger partial charge is 0.216 e. The zero-order valence-electron chi connectivity index (χ0n) is 9.02. The Morgan fingerprint density at radius 1 is 1.40 bits per heavy atom. The van der Waals surface area contributed by atoms with Gasteiger partial charge in [0, 0.05) is 13.1 Å². The predicted octanol–water partition coefficient (Wildman–Crippen LogP) is 1.49. The van der Waals surface area contributed by atoms with Gasteiger partial charge in [0.2, 0.25) is 6.41 Å². The zero-order valence-corrected chi connectivity index (χ0v) is 9.02. The second-order valence-electron chi connectivity index (χ2n) is 4.01. The molecule has 0 aromatic heterocycles. The monoisotopic (exact) mass is 207 g/mol. The van der Waals surface area contributed by atoms with Gasteiger partial charge in [0.05, 0.1) is 6.61 Å². The van der Waals surface area contributed by atoms with Gasteiger partial charge in [-0.25, -0.2) is 0 Å². The van der Waals surface area contributed by atoms with E-state index in [1.807, 2.05) is 4.90 Å². The fourth-order valence-electron chi connectivity index (χ4n) is 1.76. The Balaban J connectivity index is 1.98. The lowest BCUT2D eigenvalue weighted by Crippen LogP contribution is -2.41. The van der Waals surface area contributed by atoms with Crippen molar-refractivity contribution in [1.82, 2.24) is 4.90 Å². The normalized spacial score (nSPS) is 22.9. The van der Waals surface area contributed by atoms with E-state index in [0.29, 0.717) is 6.61 Å². The molecule has 1 aromatic carbocycles. The SMILES string of the molecule is Cc1ccc(CN2CCCOC2O)cc1. The fraction of sp³-hybridized carbons (Fsp3) is 0.500. The molecule has 0 amide bonds. The first-order chi connectivity index (χ1) is 7.25. The van der Waals surface area contributed by atoms with Gasteiger partial charge < -0.3 is 9.84 Å². The number of hydrogen-bond acceptors (Lipinski definition) is 3. The number of aliphatic hydroxyl groups is 1. The molecule has 0 bridgehead atoms. The van der Waals surface area contributed by atoms with Crippen LogP contribution in [-0.4, -0.2) is 29.6 Å². The largest absolute Gasteiger partial charge is 0.356 e. The number of benzene rings is 1. The highest BCUT2D eigenvalue weighted by Gasteiger charge is 2.20. The highest BCUT2D eigenvalue weighted by Crippen LogP contribution is 2.13. The Bertz CT molecular complexity index is 310. The van der Waals surface area contributed by atoms with Crippen molar-refractivity contribution < 1.29 is 9.84 Å². The second kappa shape index (κ2) is 4.75. The topological polar surface area (TPSA) is 32.7 Å². The van der Waals surface area contributed by atoms with Gasteiger partial charge in [-0.2, -0.15) is 0 Å². The molecule has 1 saturated heterocycles. The summed E-state index contributed by atoms with van der Waals surface area (Å²) in [6, 6.07) is 8.37. The summed E-state index contributed by atoms with van der Waals surface area (Å²) >= 11 is 0. The average Bonchev–Trinajstić information content (AvgIpc) is 2.25. The van der Waals surface area contributed by atoms with Gasteiger partial charge in [-0.05, 0) is 18.9 Å². The molecule has 0 saturated carbocycles. The second-order valence-corrected chi connectivity index (χ2v) is 4.01. The summed E-state index contributed by atoms with van der Waals surface area (Å²) in [5, 5.41) is 9.59. The lowest BCUT2D eigenvalue weighted by molar-refractivity contribution is -0.219. The van der Waals surface area contributed by atoms with Crippen LogP contribution in [0.1, 0.15) is 17.5 Å². The van der Waals surface area contributed by atoms with E-state index in [1.54, 1.807) is 0 Å². The summed E-state index contributed by atoms with van der Waals surface area (Å²) in [6.07, 6.45) is 0.253. The van der Waals surface area contributed by atoms with Crippen molar-refractivity contribution in [2.24, 2.45) is 0 Å². The summed E-state index contributed by atoms with van der Waals surface area (Å²) in [7, 11) is 0. The van der Waals surface area contributed by atoms with E-state index in [-0.39, 0.29) is 0 Å². The van der Waals surface area contributed by atoms with Crippen LogP contribution in [0.3, 0.4) is 0 Å². The highest BCUT2D eigenvalue weighted by molar-refractivity contribution is 5.21. The summed E-state index contributed by atoms with van der Waals surface area (Å²) in [5.41, 5.74) is 2.47. The Hall–Kier alpha value is -0.900. The van der Waals surface area contributed by atoms with E-state index >= 15 is 0 Å². The number of aliphatic hydroxyl groups excluding tert-OH is 1. The van der Waals surface area contributed by atoms with Crippen molar-refractivity contribution in [2.45, 2.75) is 26.3 Å². The molecule has 15 heavy (non-hydrogen) atoms. The Labute approximate surface area is 90.3 Å². The van der Waals surface area contributed by atoms with Crippen LogP contribution in [0.2, 0.25) is 0 Å². The van der Waals surface area contributed by atoms with E-state index in [2.05, 4.69) is 31.2 Å². The molecular formula is C12H17NO2. The molecule has 0 spiro atoms. The van der Waals surface area contributed by atoms with Gasteiger partial charge in [-0.15, -0.1) is 0 Å². The molecule has 3 nitrogen and oxygen atoms in total. The van der Waals surface area contributed by atoms with E-state index in [0.717, 1.165) is 19.5 Å². The Morgan fingerprint density at radius 2 is 2.13 bits per heavy atom. The number of aryl methyl sites for hydroxylation is 1. The van der Waals surface area contributed by atoms with Gasteiger partial charge in [-0.1, -0.05) is 29.8 Å². The quantitative estimate of drug-likeness (QED) is 0.797. The van der Waals surface area contributed by atoms with Crippen molar-refractivity contribution in [3.63, 3.8) is 0 Å². The molecular weight excluding hydrogens is 190 g/mol. The third-order valence-corrected chi connectivity index (χ3v) is 2.68. The standard InChI is InChI=1S/C12H17NO2/c1-10-3-5-11(6-4-10)9-13-7-2-8-15-12(13)14/h3-6,12,14H,2,7-9H2,1H3. The molecule has 3 heteroatoms. The van der Waals surface area contributed by atoms with Gasteiger partial charge >= 0.3 is 0 Å². The van der Waals surface area contributed by atoms with Crippen molar-refractivity contribution >= 4 is 0 Å². The van der Waals surface area contributed by atoms with Crippen molar-refractivity contribution in [3.8, 4) is 0 Å². The Kier molecular flexibility index (Phi) is 3.36. The first-order valence-electron chi connectivity index (χ1n) is 5.35. The molecule has 0 radical (unpaired) electrons. The van der Waals surface area contributed by atoms with E-state index in [9.17, 15) is 5.11 Å². The number of rotatable bonds is 2. The molecule has 1 aromatic rings. The molecule has 0 aliphatic carbocycles. The zero-order chi connectivity index (χ0) is 10.7. The predicted molar refractivity (Wildman–Crippen MR) is 58.2 cm³/mol. The van der Waals surface area contributed by atoms with Gasteiger partial charge in [0.25, 0.3) is 0 Å². The summed E-state index contributed by atoms with van der Waals surface area (Å²) in [5.74, 6) is 0. The van der Waals surface area contributed by atoms with Gasteiger partial charge in [0.1, 0.15) is 0 Å². The molecule has 1 aliphatic heterocycles. The van der Waals surface area contributed by atoms with Crippen LogP contribution in [0.15, 0.2) is 24.3 Å². The van der Waals surface area contributed by atoms with Crippen molar-refractivity contribution in [2.75, 3.05) is 13.2 Å². The average molecular weight is 207 g/mol. The maximum atomic E-state index is 9.59. The molecule has 1 aliphatic rings. The van der Waals surface area contributed by atoms with Crippen LogP contribution >= 0.6 is 0 Å². The van der Waals surface area contributed by atoms with E-state index in [1.165, 1.54) is 11.1 Å². The molecule has 1 unspecified atom stereocenters. The molecule has 1 heterocycles. The third kappa shape index (κ3) is 2.78. The molecule has 2 rings (SSSR count). The molecule has 1 N–H and O–H groups in total. The van der Waals surface area contributed by atoms with Crippen LogP contribution in [-0.2, 0) is 11.3 Å². The van der Waals surface area contributed by atoms with Crippen LogP contribution in [0.5, 0.6) is 0 Å². The van der Waals surface area contributed by atoms with Crippen LogP contribution in [0, 0.1) is 6.92 Å². The fourth-order valence-corrected chi connectivity index (χ4v) is 1.76. The Morgan fingerprint density at radius 3 is 2.80 bits per heavy atom. The van der Waals surface area contributed by atoms with E-state index in [4.69, 9.17) is 4.74 Å². The highest BCUT2D eigenvalue weighted by atomic mass is 16.6. The van der Waals surface area contributed by atoms with Gasteiger partial charge in [-0.3, -0.25) is 4.90 Å². The summed E-state index contributed by atoms with van der Waals surface area (Å²) in [6.45, 7) is 4.38. The third-order valence-electron chi connectivity index (χ3n) is 2.68. The van der Waals surface area contributed by atoms with Crippen LogP contribution in [0.4, 0.5) is 0 Å². The molecule has 1 fully saturated rings. The number of ether oxygens (including phenoxy) is 1. The van der Waals surface area contributed by atoms with Crippen LogP contribution < -0.4 is 0 Å². The number of nitrogens with zero attached hydrogens (tertiary/aromatic N) is 1. The maximum absolute atomic E-state index is 9.59. The van der Waals surface area contributed by atoms with Gasteiger partial charge in [0.15, 0.2) is 0 Å². The minimum atomic E-state index is -0.736. The summed E-state index contributed by atoms with van der Waals surface area (Å²) in [4.78, 5) is 1.94. The minimum absolute atomic E-state index is 0.658. The van der Waals surface area contributed by atoms with E-state index < -0.39 is 6.41 Å². The lowest BCUT2D eigenvalue weighted by Gasteiger charge is -2.31. The first-order valence-corrected chi connectivity index (χ1v) is 5.35. The maximum Gasteiger partial charge on any atom is 0.216 e. The molecule has 1 atom stereocenters. The molecule has 82 valence electrons. The van der Waals surface area contributed by atoms with Crippen LogP contribution in [0.25, 0.3) is 0 Å². The summed E-state index contributed by atoms with van der Waals surface area (Å²) < 4.78 is 5.17. The van der Waals surface area contributed by atoms with Crippen molar-refractivity contribution in [1.29, 1.82) is 0 Å². The minimum Gasteiger partial charge on any atom is -0.356 e.